The minimum Gasteiger partial charge on any atom is -1.00 e. The van der Waals surface area contributed by atoms with E-state index in [9.17, 15) is 9.59 Å². The molecule has 2 rings (SSSR count). The zero-order valence-electron chi connectivity index (χ0n) is 13.1. The molecule has 0 bridgehead atoms. The van der Waals surface area contributed by atoms with E-state index in [0.717, 1.165) is 11.1 Å². The molecule has 1 amide bonds. The van der Waals surface area contributed by atoms with Crippen LogP contribution in [0.3, 0.4) is 0 Å². The number of fused-ring (bicyclic) bond motifs is 1. The summed E-state index contributed by atoms with van der Waals surface area (Å²) in [5.74, 6) is -1.07. The van der Waals surface area contributed by atoms with Gasteiger partial charge in [0.2, 0.25) is 0 Å². The predicted molar refractivity (Wildman–Crippen MR) is 67.8 cm³/mol. The molecule has 1 aromatic heterocycles. The zero-order chi connectivity index (χ0) is 14.2. The Balaban J connectivity index is 0.00000200. The summed E-state index contributed by atoms with van der Waals surface area (Å²) in [6.07, 6.45) is 1.10. The molecule has 104 valence electrons. The second-order valence-electron chi connectivity index (χ2n) is 5.48. The van der Waals surface area contributed by atoms with Gasteiger partial charge in [0.05, 0.1) is 6.54 Å². The number of pyridine rings is 1. The molecule has 1 aliphatic heterocycles. The average Bonchev–Trinajstić information content (AvgIpc) is 2.68. The molecule has 0 aliphatic carbocycles. The third kappa shape index (κ3) is 3.75. The number of amides is 1. The fraction of sp³-hybridized carbons (Fsp3) is 0.462. The monoisotopic (exact) mass is 272 g/mol. The van der Waals surface area contributed by atoms with Gasteiger partial charge in [0, 0.05) is 12.7 Å². The summed E-state index contributed by atoms with van der Waals surface area (Å²) < 4.78 is 5.28. The largest absolute Gasteiger partial charge is 1.00 e. The van der Waals surface area contributed by atoms with Crippen molar-refractivity contribution in [1.82, 2.24) is 9.88 Å². The second kappa shape index (κ2) is 5.86. The molecule has 0 unspecified atom stereocenters. The third-order valence-electron chi connectivity index (χ3n) is 2.68. The van der Waals surface area contributed by atoms with Gasteiger partial charge in [0.25, 0.3) is 0 Å². The fourth-order valence-electron chi connectivity index (χ4n) is 1.85. The molecule has 1 aliphatic rings. The van der Waals surface area contributed by atoms with E-state index in [1.165, 1.54) is 17.2 Å². The Kier molecular flexibility index (Phi) is 4.84. The van der Waals surface area contributed by atoms with Crippen molar-refractivity contribution in [3.05, 3.63) is 29.1 Å². The van der Waals surface area contributed by atoms with Crippen LogP contribution < -0.4 is 18.9 Å². The van der Waals surface area contributed by atoms with Crippen LogP contribution in [0.4, 0.5) is 4.79 Å². The topological polar surface area (TPSA) is 79.7 Å². The van der Waals surface area contributed by atoms with Gasteiger partial charge in [0.1, 0.15) is 11.3 Å². The summed E-state index contributed by atoms with van der Waals surface area (Å²) in [7, 11) is 0. The van der Waals surface area contributed by atoms with Crippen LogP contribution in [0, 0.1) is 0 Å². The van der Waals surface area contributed by atoms with Gasteiger partial charge in [-0.2, -0.15) is 0 Å². The minimum absolute atomic E-state index is 0. The number of hydrogen-bond acceptors (Lipinski definition) is 4. The third-order valence-corrected chi connectivity index (χ3v) is 2.68. The summed E-state index contributed by atoms with van der Waals surface area (Å²) in [5, 5.41) is 8.88. The van der Waals surface area contributed by atoms with Crippen LogP contribution in [-0.4, -0.2) is 32.7 Å². The van der Waals surface area contributed by atoms with Gasteiger partial charge in [-0.3, -0.25) is 4.90 Å². The molecule has 0 fully saturated rings. The molecule has 0 spiro atoms. The van der Waals surface area contributed by atoms with Crippen molar-refractivity contribution in [3.8, 4) is 0 Å². The Hall–Kier alpha value is -1.51. The molecule has 1 N–H and O–H groups in total. The molecule has 20 heavy (non-hydrogen) atoms. The van der Waals surface area contributed by atoms with Crippen molar-refractivity contribution in [2.24, 2.45) is 0 Å². The first kappa shape index (κ1) is 16.5. The Labute approximate surface area is 130 Å². The van der Waals surface area contributed by atoms with Gasteiger partial charge in [0.15, 0.2) is 0 Å². The molecular weight excluding hydrogens is 255 g/mol. The van der Waals surface area contributed by atoms with Crippen molar-refractivity contribution < 1.29 is 39.7 Å². The quantitative estimate of drug-likeness (QED) is 0.673. The molecule has 0 saturated heterocycles. The van der Waals surface area contributed by atoms with E-state index >= 15 is 0 Å². The van der Waals surface area contributed by atoms with Gasteiger partial charge in [-0.1, -0.05) is 0 Å². The normalized spacial score (nSPS) is 13.4. The van der Waals surface area contributed by atoms with E-state index in [-0.39, 0.29) is 26.0 Å². The van der Waals surface area contributed by atoms with Crippen LogP contribution in [-0.2, 0) is 17.8 Å². The van der Waals surface area contributed by atoms with E-state index in [1.54, 1.807) is 20.8 Å². The molecule has 7 heteroatoms. The van der Waals surface area contributed by atoms with Gasteiger partial charge in [-0.05, 0) is 38.0 Å². The first-order chi connectivity index (χ1) is 8.76. The van der Waals surface area contributed by atoms with Crippen molar-refractivity contribution in [3.63, 3.8) is 0 Å². The summed E-state index contributed by atoms with van der Waals surface area (Å²) in [5.41, 5.74) is 1.11. The Morgan fingerprint density at radius 2 is 1.95 bits per heavy atom. The Morgan fingerprint density at radius 3 is 2.50 bits per heavy atom. The maximum atomic E-state index is 11.9. The number of hydrogen-bond donors (Lipinski definition) is 1. The van der Waals surface area contributed by atoms with Gasteiger partial charge >= 0.3 is 30.9 Å². The number of carboxylic acid groups (broad SMARTS) is 1. The van der Waals surface area contributed by atoms with Gasteiger partial charge in [-0.15, -0.1) is 0 Å². The van der Waals surface area contributed by atoms with Crippen LogP contribution in [0.2, 0.25) is 0 Å². The second-order valence-corrected chi connectivity index (χ2v) is 5.48. The molecule has 0 radical (unpaired) electrons. The Bertz CT molecular complexity index is 545. The number of aromatic carboxylic acids is 1. The van der Waals surface area contributed by atoms with Crippen molar-refractivity contribution in [2.45, 2.75) is 39.5 Å². The molecule has 0 aromatic carbocycles. The average molecular weight is 272 g/mol. The first-order valence-electron chi connectivity index (χ1n) is 5.95. The van der Waals surface area contributed by atoms with Crippen LogP contribution in [0.25, 0.3) is 0 Å². The maximum Gasteiger partial charge on any atom is 1.00 e. The van der Waals surface area contributed by atoms with Gasteiger partial charge < -0.3 is 11.3 Å². The molecule has 0 atom stereocenters. The Morgan fingerprint density at radius 1 is 1.35 bits per heavy atom. The summed E-state index contributed by atoms with van der Waals surface area (Å²) >= 11 is 0. The number of carbonyl (C=O) groups excluding carboxylic acids is 1. The smallest absolute Gasteiger partial charge is 1.00 e. The van der Waals surface area contributed by atoms with Crippen LogP contribution >= 0.6 is 0 Å². The van der Waals surface area contributed by atoms with Crippen molar-refractivity contribution in [1.29, 1.82) is 0 Å². The number of carbonyl (C=O) groups is 2. The summed E-state index contributed by atoms with van der Waals surface area (Å²) in [6.45, 7) is 6.17. The van der Waals surface area contributed by atoms with Crippen molar-refractivity contribution in [2.75, 3.05) is 0 Å². The number of carboxylic acids is 1. The van der Waals surface area contributed by atoms with E-state index < -0.39 is 17.7 Å². The fourth-order valence-corrected chi connectivity index (χ4v) is 1.85. The number of nitrogens with zero attached hydrogens (tertiary/aromatic N) is 2. The van der Waals surface area contributed by atoms with Crippen LogP contribution in [0.5, 0.6) is 0 Å². The number of aromatic nitrogens is 1. The molecule has 2 heterocycles. The summed E-state index contributed by atoms with van der Waals surface area (Å²) in [4.78, 5) is 28.1. The van der Waals surface area contributed by atoms with E-state index in [0.29, 0.717) is 13.1 Å². The molecule has 1 aromatic rings. The maximum absolute atomic E-state index is 11.9. The van der Waals surface area contributed by atoms with Crippen molar-refractivity contribution >= 4 is 12.1 Å². The number of ether oxygens (including phenoxy) is 1. The molecular formula is C13H17LiN2O4. The SMILES string of the molecule is CC(C)(C)OC(=O)N1Cc2cnc(C(=O)O)cc2C1.[H-].[Li+]. The predicted octanol–water partition coefficient (Wildman–Crippen LogP) is -0.853. The van der Waals surface area contributed by atoms with Gasteiger partial charge in [-0.25, -0.2) is 14.6 Å². The standard InChI is InChI=1S/C13H16N2O4.Li.H/c1-13(2,3)19-12(18)15-6-8-4-10(11(16)17)14-5-9(8)7-15;;/h4-5H,6-7H2,1-3H3,(H,16,17);;/q;+1;-1. The van der Waals surface area contributed by atoms with E-state index in [2.05, 4.69) is 4.98 Å². The first-order valence-corrected chi connectivity index (χ1v) is 5.95. The van der Waals surface area contributed by atoms with Crippen LogP contribution in [0.1, 0.15) is 43.8 Å². The minimum atomic E-state index is -1.07. The van der Waals surface area contributed by atoms with E-state index in [4.69, 9.17) is 9.84 Å². The number of rotatable bonds is 1. The van der Waals surface area contributed by atoms with Crippen LogP contribution in [0.15, 0.2) is 12.3 Å². The molecule has 6 nitrogen and oxygen atoms in total. The summed E-state index contributed by atoms with van der Waals surface area (Å²) in [6, 6.07) is 1.50. The van der Waals surface area contributed by atoms with E-state index in [1.807, 2.05) is 0 Å². The molecule has 0 saturated carbocycles. The zero-order valence-corrected chi connectivity index (χ0v) is 12.1.